The third-order valence-corrected chi connectivity index (χ3v) is 2.24. The summed E-state index contributed by atoms with van der Waals surface area (Å²) in [7, 11) is 1.93. The number of rotatable bonds is 5. The highest BCUT2D eigenvalue weighted by Crippen LogP contribution is 2.36. The molecule has 0 aliphatic heterocycles. The van der Waals surface area contributed by atoms with Crippen LogP contribution < -0.4 is 9.47 Å². The Kier molecular flexibility index (Phi) is 5.28. The Balaban J connectivity index is 3.37. The molecule has 0 saturated heterocycles. The van der Waals surface area contributed by atoms with Crippen molar-refractivity contribution in [2.75, 3.05) is 14.2 Å². The Hall–Kier alpha value is -2.13. The van der Waals surface area contributed by atoms with Gasteiger partial charge in [-0.05, 0) is 6.07 Å². The van der Waals surface area contributed by atoms with Crippen molar-refractivity contribution in [2.45, 2.75) is 19.2 Å². The second-order valence-corrected chi connectivity index (χ2v) is 3.65. The normalized spacial score (nSPS) is 11.4. The van der Waals surface area contributed by atoms with Crippen LogP contribution in [0.5, 0.6) is 11.6 Å². The number of esters is 1. The standard InChI is InChI=1S/C11H10F5NO4/c1-19-7(18)4-5-3-6(9(12)13)17-10(20-2)8(5)21-11(14,15)16/h3,9H,4H2,1-2H3. The Labute approximate surface area is 115 Å². The maximum Gasteiger partial charge on any atom is 0.573 e. The van der Waals surface area contributed by atoms with Gasteiger partial charge >= 0.3 is 12.3 Å². The minimum Gasteiger partial charge on any atom is -0.478 e. The zero-order valence-corrected chi connectivity index (χ0v) is 10.8. The number of hydrogen-bond acceptors (Lipinski definition) is 5. The highest BCUT2D eigenvalue weighted by molar-refractivity contribution is 5.74. The van der Waals surface area contributed by atoms with E-state index in [2.05, 4.69) is 19.2 Å². The van der Waals surface area contributed by atoms with Crippen molar-refractivity contribution >= 4 is 5.97 Å². The molecule has 0 unspecified atom stereocenters. The van der Waals surface area contributed by atoms with Gasteiger partial charge in [0, 0.05) is 5.56 Å². The molecule has 1 rings (SSSR count). The molecule has 1 aromatic heterocycles. The second-order valence-electron chi connectivity index (χ2n) is 3.65. The van der Waals surface area contributed by atoms with Crippen LogP contribution in [0.3, 0.4) is 0 Å². The van der Waals surface area contributed by atoms with Gasteiger partial charge in [0.15, 0.2) is 5.75 Å². The third kappa shape index (κ3) is 4.72. The largest absolute Gasteiger partial charge is 0.573 e. The molecule has 1 heterocycles. The fraction of sp³-hybridized carbons (Fsp3) is 0.455. The first-order valence-corrected chi connectivity index (χ1v) is 5.36. The van der Waals surface area contributed by atoms with Crippen LogP contribution in [-0.4, -0.2) is 31.5 Å². The van der Waals surface area contributed by atoms with Crippen LogP contribution in [0.4, 0.5) is 22.0 Å². The number of aromatic nitrogens is 1. The summed E-state index contributed by atoms with van der Waals surface area (Å²) in [5, 5.41) is 0. The van der Waals surface area contributed by atoms with Crippen molar-refractivity contribution in [1.82, 2.24) is 4.98 Å². The molecule has 0 aromatic carbocycles. The van der Waals surface area contributed by atoms with Crippen molar-refractivity contribution in [3.8, 4) is 11.6 Å². The number of carbonyl (C=O) groups excluding carboxylic acids is 1. The third-order valence-electron chi connectivity index (χ3n) is 2.24. The first kappa shape index (κ1) is 16.9. The molecule has 0 fully saturated rings. The summed E-state index contributed by atoms with van der Waals surface area (Å²) in [6, 6.07) is 0.630. The summed E-state index contributed by atoms with van der Waals surface area (Å²) in [4.78, 5) is 14.4. The molecule has 10 heteroatoms. The lowest BCUT2D eigenvalue weighted by Crippen LogP contribution is -2.20. The quantitative estimate of drug-likeness (QED) is 0.617. The lowest BCUT2D eigenvalue weighted by Gasteiger charge is -2.16. The van der Waals surface area contributed by atoms with Crippen LogP contribution in [0.25, 0.3) is 0 Å². The van der Waals surface area contributed by atoms with Gasteiger partial charge < -0.3 is 14.2 Å². The lowest BCUT2D eigenvalue weighted by molar-refractivity contribution is -0.275. The Morgan fingerprint density at radius 3 is 2.38 bits per heavy atom. The van der Waals surface area contributed by atoms with E-state index in [1.807, 2.05) is 0 Å². The highest BCUT2D eigenvalue weighted by Gasteiger charge is 2.35. The molecule has 0 radical (unpaired) electrons. The molecule has 118 valence electrons. The van der Waals surface area contributed by atoms with E-state index in [0.717, 1.165) is 14.2 Å². The summed E-state index contributed by atoms with van der Waals surface area (Å²) < 4.78 is 74.8. The minimum absolute atomic E-state index is 0.471. The van der Waals surface area contributed by atoms with E-state index < -0.39 is 48.1 Å². The monoisotopic (exact) mass is 315 g/mol. The van der Waals surface area contributed by atoms with Crippen LogP contribution in [-0.2, 0) is 16.0 Å². The van der Waals surface area contributed by atoms with Crippen LogP contribution in [0.2, 0.25) is 0 Å². The van der Waals surface area contributed by atoms with Gasteiger partial charge in [0.2, 0.25) is 0 Å². The second kappa shape index (κ2) is 6.55. The minimum atomic E-state index is -5.10. The molecule has 0 atom stereocenters. The van der Waals surface area contributed by atoms with Crippen molar-refractivity contribution in [3.63, 3.8) is 0 Å². The van der Waals surface area contributed by atoms with Crippen LogP contribution in [0.1, 0.15) is 17.7 Å². The van der Waals surface area contributed by atoms with Gasteiger partial charge in [-0.1, -0.05) is 0 Å². The fourth-order valence-corrected chi connectivity index (χ4v) is 1.42. The molecular weight excluding hydrogens is 305 g/mol. The first-order chi connectivity index (χ1) is 9.67. The zero-order valence-electron chi connectivity index (χ0n) is 10.8. The summed E-state index contributed by atoms with van der Waals surface area (Å²) in [5.41, 5.74) is -1.32. The van der Waals surface area contributed by atoms with E-state index in [1.165, 1.54) is 0 Å². The summed E-state index contributed by atoms with van der Waals surface area (Å²) in [5.74, 6) is -2.70. The molecule has 1 aromatic rings. The number of hydrogen-bond donors (Lipinski definition) is 0. The van der Waals surface area contributed by atoms with E-state index in [0.29, 0.717) is 6.07 Å². The Morgan fingerprint density at radius 1 is 1.33 bits per heavy atom. The maximum absolute atomic E-state index is 12.7. The van der Waals surface area contributed by atoms with E-state index >= 15 is 0 Å². The molecule has 0 amide bonds. The predicted molar refractivity (Wildman–Crippen MR) is 58.1 cm³/mol. The molecule has 21 heavy (non-hydrogen) atoms. The average molecular weight is 315 g/mol. The lowest BCUT2D eigenvalue weighted by atomic mass is 10.1. The number of pyridine rings is 1. The van der Waals surface area contributed by atoms with Gasteiger partial charge in [-0.15, -0.1) is 13.2 Å². The SMILES string of the molecule is COC(=O)Cc1cc(C(F)F)nc(OC)c1OC(F)(F)F. The molecule has 5 nitrogen and oxygen atoms in total. The molecule has 0 aliphatic rings. The first-order valence-electron chi connectivity index (χ1n) is 5.36. The van der Waals surface area contributed by atoms with Gasteiger partial charge in [-0.3, -0.25) is 4.79 Å². The fourth-order valence-electron chi connectivity index (χ4n) is 1.42. The summed E-state index contributed by atoms with van der Waals surface area (Å²) in [6.45, 7) is 0. The van der Waals surface area contributed by atoms with E-state index in [9.17, 15) is 26.7 Å². The van der Waals surface area contributed by atoms with Crippen LogP contribution in [0, 0.1) is 0 Å². The molecule has 0 spiro atoms. The molecule has 0 saturated carbocycles. The van der Waals surface area contributed by atoms with Crippen LogP contribution >= 0.6 is 0 Å². The Bertz CT molecular complexity index is 518. The van der Waals surface area contributed by atoms with Gasteiger partial charge in [0.25, 0.3) is 12.3 Å². The van der Waals surface area contributed by atoms with Crippen molar-refractivity contribution in [3.05, 3.63) is 17.3 Å². The number of ether oxygens (including phenoxy) is 3. The number of nitrogens with zero attached hydrogens (tertiary/aromatic N) is 1. The zero-order chi connectivity index (χ0) is 16.2. The predicted octanol–water partition coefficient (Wildman–Crippen LogP) is 2.64. The Morgan fingerprint density at radius 2 is 1.95 bits per heavy atom. The van der Waals surface area contributed by atoms with Crippen molar-refractivity contribution in [2.24, 2.45) is 0 Å². The summed E-state index contributed by atoms with van der Waals surface area (Å²) in [6.07, 6.45) is -8.87. The smallest absolute Gasteiger partial charge is 0.478 e. The average Bonchev–Trinajstić information content (AvgIpc) is 2.38. The van der Waals surface area contributed by atoms with E-state index in [1.54, 1.807) is 0 Å². The number of alkyl halides is 5. The van der Waals surface area contributed by atoms with Gasteiger partial charge in [-0.25, -0.2) is 13.8 Å². The van der Waals surface area contributed by atoms with E-state index in [4.69, 9.17) is 0 Å². The number of methoxy groups -OCH3 is 2. The van der Waals surface area contributed by atoms with Crippen LogP contribution in [0.15, 0.2) is 6.07 Å². The molecule has 0 aliphatic carbocycles. The van der Waals surface area contributed by atoms with Gasteiger partial charge in [-0.2, -0.15) is 0 Å². The molecule has 0 N–H and O–H groups in total. The summed E-state index contributed by atoms with van der Waals surface area (Å²) >= 11 is 0. The molecule has 0 bridgehead atoms. The maximum atomic E-state index is 12.7. The topological polar surface area (TPSA) is 57.7 Å². The van der Waals surface area contributed by atoms with Gasteiger partial charge in [0.1, 0.15) is 5.69 Å². The number of halogens is 5. The molecular formula is C11H10F5NO4. The van der Waals surface area contributed by atoms with E-state index in [-0.39, 0.29) is 0 Å². The van der Waals surface area contributed by atoms with Crippen molar-refractivity contribution < 1.29 is 41.0 Å². The number of carbonyl (C=O) groups is 1. The van der Waals surface area contributed by atoms with Crippen molar-refractivity contribution in [1.29, 1.82) is 0 Å². The highest BCUT2D eigenvalue weighted by atomic mass is 19.4. The van der Waals surface area contributed by atoms with Gasteiger partial charge in [0.05, 0.1) is 20.6 Å².